The van der Waals surface area contributed by atoms with Crippen molar-refractivity contribution in [2.24, 2.45) is 0 Å². The molecule has 3 aromatic carbocycles. The SMILES string of the molecule is O=C(O)c1ccc(-c2ccc(O)cc2)c(C(=O)O)c1-c1ccc(O)cc1. The molecule has 0 spiro atoms. The van der Waals surface area contributed by atoms with Crippen LogP contribution in [0.2, 0.25) is 0 Å². The van der Waals surface area contributed by atoms with Crippen molar-refractivity contribution in [1.82, 2.24) is 0 Å². The van der Waals surface area contributed by atoms with Gasteiger partial charge in [-0.05, 0) is 47.0 Å². The zero-order valence-corrected chi connectivity index (χ0v) is 13.4. The summed E-state index contributed by atoms with van der Waals surface area (Å²) in [5.74, 6) is -2.52. The lowest BCUT2D eigenvalue weighted by atomic mass is 9.88. The first-order valence-corrected chi connectivity index (χ1v) is 7.61. The van der Waals surface area contributed by atoms with Gasteiger partial charge in [-0.2, -0.15) is 0 Å². The van der Waals surface area contributed by atoms with E-state index in [1.54, 1.807) is 12.1 Å². The second-order valence-corrected chi connectivity index (χ2v) is 5.61. The Labute approximate surface area is 148 Å². The highest BCUT2D eigenvalue weighted by molar-refractivity contribution is 6.09. The molecule has 26 heavy (non-hydrogen) atoms. The summed E-state index contributed by atoms with van der Waals surface area (Å²) in [5.41, 5.74) is 0.938. The Balaban J connectivity index is 2.36. The standard InChI is InChI=1S/C20H14O6/c21-13-5-1-11(2-6-13)15-9-10-16(19(23)24)17(18(15)20(25)26)12-3-7-14(22)8-4-12/h1-10,21-22H,(H,23,24)(H,25,26). The van der Waals surface area contributed by atoms with Crippen LogP contribution in [0.3, 0.4) is 0 Å². The predicted octanol–water partition coefficient (Wildman–Crippen LogP) is 3.83. The highest BCUT2D eigenvalue weighted by Gasteiger charge is 2.24. The second kappa shape index (κ2) is 6.60. The summed E-state index contributed by atoms with van der Waals surface area (Å²) in [6, 6.07) is 14.4. The summed E-state index contributed by atoms with van der Waals surface area (Å²) in [7, 11) is 0. The quantitative estimate of drug-likeness (QED) is 0.568. The minimum Gasteiger partial charge on any atom is -0.508 e. The van der Waals surface area contributed by atoms with E-state index in [0.29, 0.717) is 16.7 Å². The Morgan fingerprint density at radius 3 is 1.58 bits per heavy atom. The molecule has 0 aliphatic rings. The number of rotatable bonds is 4. The molecule has 0 aromatic heterocycles. The third-order valence-corrected chi connectivity index (χ3v) is 3.98. The summed E-state index contributed by atoms with van der Waals surface area (Å²) in [6.07, 6.45) is 0. The van der Waals surface area contributed by atoms with Crippen LogP contribution in [0.4, 0.5) is 0 Å². The van der Waals surface area contributed by atoms with Crippen molar-refractivity contribution in [3.05, 3.63) is 71.8 Å². The fourth-order valence-corrected chi connectivity index (χ4v) is 2.81. The van der Waals surface area contributed by atoms with Crippen LogP contribution in [0, 0.1) is 0 Å². The fraction of sp³-hybridized carbons (Fsp3) is 0. The first kappa shape index (κ1) is 17.0. The number of phenols is 2. The maximum atomic E-state index is 12.0. The zero-order valence-electron chi connectivity index (χ0n) is 13.4. The van der Waals surface area contributed by atoms with Crippen LogP contribution in [0.5, 0.6) is 11.5 Å². The Morgan fingerprint density at radius 1 is 0.615 bits per heavy atom. The van der Waals surface area contributed by atoms with Crippen LogP contribution in [0.25, 0.3) is 22.3 Å². The van der Waals surface area contributed by atoms with Crippen LogP contribution < -0.4 is 0 Å². The summed E-state index contributed by atoms with van der Waals surface area (Å²) < 4.78 is 0. The lowest BCUT2D eigenvalue weighted by Gasteiger charge is -2.15. The maximum Gasteiger partial charge on any atom is 0.336 e. The number of carbonyl (C=O) groups is 2. The van der Waals surface area contributed by atoms with E-state index >= 15 is 0 Å². The van der Waals surface area contributed by atoms with E-state index in [2.05, 4.69) is 0 Å². The van der Waals surface area contributed by atoms with Crippen molar-refractivity contribution in [2.75, 3.05) is 0 Å². The van der Waals surface area contributed by atoms with Gasteiger partial charge in [-0.3, -0.25) is 0 Å². The molecule has 6 heteroatoms. The molecule has 130 valence electrons. The Kier molecular flexibility index (Phi) is 4.33. The lowest BCUT2D eigenvalue weighted by Crippen LogP contribution is -2.09. The van der Waals surface area contributed by atoms with Gasteiger partial charge in [0.2, 0.25) is 0 Å². The van der Waals surface area contributed by atoms with E-state index < -0.39 is 11.9 Å². The third-order valence-electron chi connectivity index (χ3n) is 3.98. The molecule has 0 aliphatic carbocycles. The summed E-state index contributed by atoms with van der Waals surface area (Å²) in [5, 5.41) is 38.2. The molecule has 4 N–H and O–H groups in total. The van der Waals surface area contributed by atoms with Crippen LogP contribution >= 0.6 is 0 Å². The molecule has 0 fully saturated rings. The molecule has 0 aliphatic heterocycles. The first-order valence-electron chi connectivity index (χ1n) is 7.61. The van der Waals surface area contributed by atoms with Gasteiger partial charge in [-0.1, -0.05) is 30.3 Å². The third kappa shape index (κ3) is 3.08. The van der Waals surface area contributed by atoms with E-state index in [1.807, 2.05) is 0 Å². The van der Waals surface area contributed by atoms with Crippen LogP contribution in [0.1, 0.15) is 20.7 Å². The molecule has 0 heterocycles. The molecule has 0 bridgehead atoms. The Bertz CT molecular complexity index is 988. The number of aromatic carboxylic acids is 2. The van der Waals surface area contributed by atoms with Gasteiger partial charge in [0.1, 0.15) is 11.5 Å². The van der Waals surface area contributed by atoms with Gasteiger partial charge in [0.15, 0.2) is 0 Å². The maximum absolute atomic E-state index is 12.0. The molecule has 6 nitrogen and oxygen atoms in total. The van der Waals surface area contributed by atoms with Gasteiger partial charge in [0.05, 0.1) is 11.1 Å². The molecule has 0 atom stereocenters. The van der Waals surface area contributed by atoms with Crippen molar-refractivity contribution in [3.8, 4) is 33.8 Å². The van der Waals surface area contributed by atoms with Crippen molar-refractivity contribution in [3.63, 3.8) is 0 Å². The summed E-state index contributed by atoms with van der Waals surface area (Å²) in [6.45, 7) is 0. The van der Waals surface area contributed by atoms with Gasteiger partial charge in [-0.15, -0.1) is 0 Å². The van der Waals surface area contributed by atoms with Crippen molar-refractivity contribution in [1.29, 1.82) is 0 Å². The van der Waals surface area contributed by atoms with Crippen LogP contribution in [0.15, 0.2) is 60.7 Å². The van der Waals surface area contributed by atoms with Crippen LogP contribution in [-0.2, 0) is 0 Å². The summed E-state index contributed by atoms with van der Waals surface area (Å²) in [4.78, 5) is 23.7. The highest BCUT2D eigenvalue weighted by Crippen LogP contribution is 2.36. The van der Waals surface area contributed by atoms with Gasteiger partial charge in [0.25, 0.3) is 0 Å². The molecule has 0 radical (unpaired) electrons. The molecule has 3 aromatic rings. The van der Waals surface area contributed by atoms with Gasteiger partial charge >= 0.3 is 11.9 Å². The Morgan fingerprint density at radius 2 is 1.12 bits per heavy atom. The van der Waals surface area contributed by atoms with Gasteiger partial charge in [0, 0.05) is 5.56 Å². The predicted molar refractivity (Wildman–Crippen MR) is 94.6 cm³/mol. The molecular formula is C20H14O6. The first-order chi connectivity index (χ1) is 12.4. The number of carboxylic acid groups (broad SMARTS) is 2. The number of carboxylic acids is 2. The number of aromatic hydroxyl groups is 2. The second-order valence-electron chi connectivity index (χ2n) is 5.61. The molecular weight excluding hydrogens is 336 g/mol. The van der Waals surface area contributed by atoms with Gasteiger partial charge < -0.3 is 20.4 Å². The normalized spacial score (nSPS) is 10.5. The zero-order chi connectivity index (χ0) is 18.8. The van der Waals surface area contributed by atoms with E-state index in [0.717, 1.165) is 0 Å². The minimum atomic E-state index is -1.28. The molecule has 0 unspecified atom stereocenters. The average molecular weight is 350 g/mol. The topological polar surface area (TPSA) is 115 Å². The van der Waals surface area contributed by atoms with E-state index in [1.165, 1.54) is 48.5 Å². The molecule has 0 saturated carbocycles. The van der Waals surface area contributed by atoms with E-state index in [4.69, 9.17) is 0 Å². The Hall–Kier alpha value is -3.80. The molecule has 0 saturated heterocycles. The number of hydrogen-bond acceptors (Lipinski definition) is 4. The average Bonchev–Trinajstić information content (AvgIpc) is 2.61. The molecule has 3 rings (SSSR count). The minimum absolute atomic E-state index is 0.0165. The smallest absolute Gasteiger partial charge is 0.336 e. The van der Waals surface area contributed by atoms with Crippen molar-refractivity contribution < 1.29 is 30.0 Å². The monoisotopic (exact) mass is 350 g/mol. The van der Waals surface area contributed by atoms with Crippen LogP contribution in [-0.4, -0.2) is 32.4 Å². The fourth-order valence-electron chi connectivity index (χ4n) is 2.81. The number of hydrogen-bond donors (Lipinski definition) is 4. The van der Waals surface area contributed by atoms with E-state index in [9.17, 15) is 30.0 Å². The number of benzene rings is 3. The molecule has 0 amide bonds. The van der Waals surface area contributed by atoms with Crippen molar-refractivity contribution >= 4 is 11.9 Å². The number of phenolic OH excluding ortho intramolecular Hbond substituents is 2. The summed E-state index contributed by atoms with van der Waals surface area (Å²) >= 11 is 0. The lowest BCUT2D eigenvalue weighted by molar-refractivity contribution is 0.0696. The van der Waals surface area contributed by atoms with Gasteiger partial charge in [-0.25, -0.2) is 9.59 Å². The van der Waals surface area contributed by atoms with Crippen molar-refractivity contribution in [2.45, 2.75) is 0 Å². The highest BCUT2D eigenvalue weighted by atomic mass is 16.4. The van der Waals surface area contributed by atoms with E-state index in [-0.39, 0.29) is 28.2 Å². The largest absolute Gasteiger partial charge is 0.508 e.